The predicted molar refractivity (Wildman–Crippen MR) is 69.1 cm³/mol. The Morgan fingerprint density at radius 2 is 2.41 bits per heavy atom. The highest BCUT2D eigenvalue weighted by Gasteiger charge is 2.21. The molecule has 0 N–H and O–H groups in total. The SMILES string of the molecule is ClCc1nc2cc(Br)cnc2n1C[C@@H]1CCO1. The number of hydrogen-bond donors (Lipinski definition) is 0. The van der Waals surface area contributed by atoms with E-state index in [-0.39, 0.29) is 6.10 Å². The number of fused-ring (bicyclic) bond motifs is 1. The first-order valence-corrected chi connectivity index (χ1v) is 6.79. The quantitative estimate of drug-likeness (QED) is 0.818. The number of ether oxygens (including phenoxy) is 1. The third-order valence-electron chi connectivity index (χ3n) is 2.93. The molecule has 0 spiro atoms. The number of pyridine rings is 1. The lowest BCUT2D eigenvalue weighted by Crippen LogP contribution is -2.31. The number of hydrogen-bond acceptors (Lipinski definition) is 3. The maximum absolute atomic E-state index is 5.92. The highest BCUT2D eigenvalue weighted by atomic mass is 79.9. The summed E-state index contributed by atoms with van der Waals surface area (Å²) >= 11 is 9.32. The van der Waals surface area contributed by atoms with Gasteiger partial charge >= 0.3 is 0 Å². The predicted octanol–water partition coefficient (Wildman–Crippen LogP) is 2.72. The van der Waals surface area contributed by atoms with Crippen molar-refractivity contribution >= 4 is 38.7 Å². The van der Waals surface area contributed by atoms with Gasteiger partial charge in [0, 0.05) is 17.3 Å². The second-order valence-corrected chi connectivity index (χ2v) is 5.23. The second kappa shape index (κ2) is 4.55. The van der Waals surface area contributed by atoms with Crippen LogP contribution in [-0.4, -0.2) is 27.2 Å². The molecule has 3 heterocycles. The van der Waals surface area contributed by atoms with Gasteiger partial charge in [0.2, 0.25) is 0 Å². The number of alkyl halides is 1. The van der Waals surface area contributed by atoms with Crippen LogP contribution in [0.15, 0.2) is 16.7 Å². The van der Waals surface area contributed by atoms with Crippen LogP contribution in [0.5, 0.6) is 0 Å². The number of halogens is 2. The van der Waals surface area contributed by atoms with Gasteiger partial charge in [0.1, 0.15) is 11.3 Å². The van der Waals surface area contributed by atoms with Gasteiger partial charge in [-0.25, -0.2) is 9.97 Å². The summed E-state index contributed by atoms with van der Waals surface area (Å²) in [5.74, 6) is 1.24. The third kappa shape index (κ3) is 2.07. The van der Waals surface area contributed by atoms with Gasteiger partial charge < -0.3 is 9.30 Å². The van der Waals surface area contributed by atoms with Gasteiger partial charge in [-0.3, -0.25) is 0 Å². The standard InChI is InChI=1S/C11H11BrClN3O/c12-7-3-9-11(14-5-7)16(10(4-13)15-9)6-8-1-2-17-8/h3,5,8H,1-2,4,6H2/t8-/m0/s1. The molecule has 90 valence electrons. The number of rotatable bonds is 3. The molecule has 1 fully saturated rings. The normalized spacial score (nSPS) is 19.5. The van der Waals surface area contributed by atoms with Crippen LogP contribution in [0, 0.1) is 0 Å². The summed E-state index contributed by atoms with van der Waals surface area (Å²) in [6.07, 6.45) is 3.15. The Hall–Kier alpha value is -0.650. The van der Waals surface area contributed by atoms with Crippen LogP contribution in [0.3, 0.4) is 0 Å². The van der Waals surface area contributed by atoms with E-state index >= 15 is 0 Å². The van der Waals surface area contributed by atoms with E-state index in [1.165, 1.54) is 0 Å². The van der Waals surface area contributed by atoms with Crippen LogP contribution in [0.25, 0.3) is 11.2 Å². The lowest BCUT2D eigenvalue weighted by Gasteiger charge is -2.27. The molecule has 2 aromatic rings. The average molecular weight is 317 g/mol. The maximum Gasteiger partial charge on any atom is 0.160 e. The molecule has 0 bridgehead atoms. The van der Waals surface area contributed by atoms with Crippen LogP contribution in [-0.2, 0) is 17.2 Å². The largest absolute Gasteiger partial charge is 0.376 e. The molecular weight excluding hydrogens is 305 g/mol. The molecule has 3 rings (SSSR count). The van der Waals surface area contributed by atoms with Crippen molar-refractivity contribution in [3.63, 3.8) is 0 Å². The van der Waals surface area contributed by atoms with Gasteiger partial charge in [-0.05, 0) is 28.4 Å². The van der Waals surface area contributed by atoms with E-state index in [0.717, 1.165) is 41.0 Å². The number of aromatic nitrogens is 3. The highest BCUT2D eigenvalue weighted by Crippen LogP contribution is 2.22. The molecular formula is C11H11BrClN3O. The minimum atomic E-state index is 0.278. The van der Waals surface area contributed by atoms with Gasteiger partial charge in [-0.2, -0.15) is 0 Å². The van der Waals surface area contributed by atoms with E-state index < -0.39 is 0 Å². The van der Waals surface area contributed by atoms with Crippen LogP contribution < -0.4 is 0 Å². The Bertz CT molecular complexity index is 553. The molecule has 1 atom stereocenters. The van der Waals surface area contributed by atoms with Gasteiger partial charge in [-0.15, -0.1) is 11.6 Å². The summed E-state index contributed by atoms with van der Waals surface area (Å²) < 4.78 is 8.43. The van der Waals surface area contributed by atoms with Crippen molar-refractivity contribution in [1.29, 1.82) is 0 Å². The molecule has 1 aliphatic heterocycles. The smallest absolute Gasteiger partial charge is 0.160 e. The molecule has 0 saturated carbocycles. The fourth-order valence-electron chi connectivity index (χ4n) is 1.96. The summed E-state index contributed by atoms with van der Waals surface area (Å²) in [5, 5.41) is 0. The first-order valence-electron chi connectivity index (χ1n) is 5.46. The zero-order valence-electron chi connectivity index (χ0n) is 9.07. The molecule has 4 nitrogen and oxygen atoms in total. The van der Waals surface area contributed by atoms with Crippen LogP contribution >= 0.6 is 27.5 Å². The van der Waals surface area contributed by atoms with E-state index in [2.05, 4.69) is 30.5 Å². The van der Waals surface area contributed by atoms with Crippen LogP contribution in [0.4, 0.5) is 0 Å². The number of imidazole rings is 1. The topological polar surface area (TPSA) is 39.9 Å². The zero-order valence-corrected chi connectivity index (χ0v) is 11.4. The van der Waals surface area contributed by atoms with E-state index in [1.54, 1.807) is 6.20 Å². The Morgan fingerprint density at radius 3 is 3.06 bits per heavy atom. The first-order chi connectivity index (χ1) is 8.28. The molecule has 17 heavy (non-hydrogen) atoms. The van der Waals surface area contributed by atoms with Crippen LogP contribution in [0.1, 0.15) is 12.2 Å². The maximum atomic E-state index is 5.92. The lowest BCUT2D eigenvalue weighted by atomic mass is 10.2. The zero-order chi connectivity index (χ0) is 11.8. The van der Waals surface area contributed by atoms with Gasteiger partial charge in [0.25, 0.3) is 0 Å². The molecule has 0 aromatic carbocycles. The average Bonchev–Trinajstić information content (AvgIpc) is 2.60. The highest BCUT2D eigenvalue weighted by molar-refractivity contribution is 9.10. The van der Waals surface area contributed by atoms with Crippen molar-refractivity contribution in [2.24, 2.45) is 0 Å². The molecule has 0 radical (unpaired) electrons. The fraction of sp³-hybridized carbons (Fsp3) is 0.455. The molecule has 2 aromatic heterocycles. The van der Waals surface area contributed by atoms with E-state index in [4.69, 9.17) is 16.3 Å². The minimum Gasteiger partial charge on any atom is -0.376 e. The first kappa shape index (κ1) is 11.4. The molecule has 0 aliphatic carbocycles. The van der Waals surface area contributed by atoms with Crippen molar-refractivity contribution < 1.29 is 4.74 Å². The summed E-state index contributed by atoms with van der Waals surface area (Å²) in [7, 11) is 0. The Balaban J connectivity index is 2.05. The van der Waals surface area contributed by atoms with Gasteiger partial charge in [0.15, 0.2) is 5.65 Å². The van der Waals surface area contributed by atoms with Crippen molar-refractivity contribution in [3.8, 4) is 0 Å². The molecule has 0 amide bonds. The molecule has 0 unspecified atom stereocenters. The van der Waals surface area contributed by atoms with Crippen molar-refractivity contribution in [2.75, 3.05) is 6.61 Å². The third-order valence-corrected chi connectivity index (χ3v) is 3.60. The molecule has 1 saturated heterocycles. The van der Waals surface area contributed by atoms with E-state index in [9.17, 15) is 0 Å². The summed E-state index contributed by atoms with van der Waals surface area (Å²) in [4.78, 5) is 8.89. The summed E-state index contributed by atoms with van der Waals surface area (Å²) in [6, 6.07) is 1.95. The van der Waals surface area contributed by atoms with Crippen molar-refractivity contribution in [3.05, 3.63) is 22.6 Å². The summed E-state index contributed by atoms with van der Waals surface area (Å²) in [6.45, 7) is 1.64. The van der Waals surface area contributed by atoms with E-state index in [0.29, 0.717) is 5.88 Å². The van der Waals surface area contributed by atoms with E-state index in [1.807, 2.05) is 6.07 Å². The van der Waals surface area contributed by atoms with Crippen LogP contribution in [0.2, 0.25) is 0 Å². The monoisotopic (exact) mass is 315 g/mol. The number of nitrogens with zero attached hydrogens (tertiary/aromatic N) is 3. The Kier molecular flexibility index (Phi) is 3.06. The second-order valence-electron chi connectivity index (χ2n) is 4.05. The van der Waals surface area contributed by atoms with Crippen molar-refractivity contribution in [2.45, 2.75) is 24.9 Å². The summed E-state index contributed by atoms with van der Waals surface area (Å²) in [5.41, 5.74) is 1.74. The molecule has 1 aliphatic rings. The minimum absolute atomic E-state index is 0.278. The van der Waals surface area contributed by atoms with Gasteiger partial charge in [-0.1, -0.05) is 0 Å². The Labute approximate surface area is 112 Å². The van der Waals surface area contributed by atoms with Gasteiger partial charge in [0.05, 0.1) is 18.5 Å². The molecule has 6 heteroatoms. The lowest BCUT2D eigenvalue weighted by molar-refractivity contribution is -0.0590. The van der Waals surface area contributed by atoms with Crippen molar-refractivity contribution in [1.82, 2.24) is 14.5 Å². The fourth-order valence-corrected chi connectivity index (χ4v) is 2.48. The Morgan fingerprint density at radius 1 is 1.59 bits per heavy atom.